The van der Waals surface area contributed by atoms with Crippen LogP contribution in [0.2, 0.25) is 0 Å². The maximum Gasteiger partial charge on any atom is 0.433 e. The zero-order valence-corrected chi connectivity index (χ0v) is 17.6. The third kappa shape index (κ3) is 3.72. The van der Waals surface area contributed by atoms with E-state index in [1.807, 2.05) is 17.5 Å². The monoisotopic (exact) mass is 443 g/mol. The molecule has 1 aliphatic heterocycles. The molecule has 1 aliphatic rings. The molecule has 1 fully saturated rings. The molecule has 31 heavy (non-hydrogen) atoms. The second kappa shape index (κ2) is 7.72. The van der Waals surface area contributed by atoms with E-state index in [-0.39, 0.29) is 17.7 Å². The van der Waals surface area contributed by atoms with Crippen molar-refractivity contribution in [3.8, 4) is 10.6 Å². The Bertz CT molecular complexity index is 1190. The Morgan fingerprint density at radius 2 is 1.97 bits per heavy atom. The first-order valence-electron chi connectivity index (χ1n) is 10.1. The zero-order chi connectivity index (χ0) is 21.6. The van der Waals surface area contributed by atoms with E-state index in [1.54, 1.807) is 30.6 Å². The van der Waals surface area contributed by atoms with E-state index >= 15 is 0 Å². The summed E-state index contributed by atoms with van der Waals surface area (Å²) >= 11 is 1.37. The fourth-order valence-electron chi connectivity index (χ4n) is 4.31. The summed E-state index contributed by atoms with van der Waals surface area (Å²) in [7, 11) is 0. The van der Waals surface area contributed by atoms with Crippen LogP contribution in [0.15, 0.2) is 54.2 Å². The van der Waals surface area contributed by atoms with Crippen molar-refractivity contribution in [2.45, 2.75) is 38.0 Å². The minimum Gasteiger partial charge on any atom is -0.288 e. The molecule has 0 aromatic carbocycles. The van der Waals surface area contributed by atoms with Crippen molar-refractivity contribution in [1.29, 1.82) is 0 Å². The zero-order valence-electron chi connectivity index (χ0n) is 16.8. The van der Waals surface area contributed by atoms with Crippen LogP contribution in [-0.4, -0.2) is 31.0 Å². The van der Waals surface area contributed by atoms with Gasteiger partial charge in [-0.2, -0.15) is 18.3 Å². The topological polar surface area (TPSA) is 46.3 Å². The lowest BCUT2D eigenvalue weighted by Gasteiger charge is -2.30. The summed E-state index contributed by atoms with van der Waals surface area (Å²) in [5.74, 6) is 0. The van der Waals surface area contributed by atoms with Crippen molar-refractivity contribution in [3.05, 3.63) is 71.1 Å². The van der Waals surface area contributed by atoms with E-state index in [0.29, 0.717) is 16.3 Å². The average Bonchev–Trinajstić information content (AvgIpc) is 3.52. The van der Waals surface area contributed by atoms with Gasteiger partial charge in [-0.25, -0.2) is 9.50 Å². The Labute approximate surface area is 181 Å². The number of fused-ring (bicyclic) bond motifs is 1. The number of aromatic nitrogens is 4. The van der Waals surface area contributed by atoms with Crippen molar-refractivity contribution in [2.24, 2.45) is 0 Å². The highest BCUT2D eigenvalue weighted by Gasteiger charge is 2.37. The van der Waals surface area contributed by atoms with Crippen LogP contribution in [0.5, 0.6) is 0 Å². The molecule has 9 heteroatoms. The first kappa shape index (κ1) is 20.1. The summed E-state index contributed by atoms with van der Waals surface area (Å²) in [5.41, 5.74) is 1.48. The predicted octanol–water partition coefficient (Wildman–Crippen LogP) is 5.77. The van der Waals surface area contributed by atoms with Gasteiger partial charge in [-0.05, 0) is 61.5 Å². The van der Waals surface area contributed by atoms with Gasteiger partial charge in [0.25, 0.3) is 0 Å². The van der Waals surface area contributed by atoms with Crippen LogP contribution in [0.4, 0.5) is 13.2 Å². The number of alkyl halides is 3. The van der Waals surface area contributed by atoms with Crippen LogP contribution < -0.4 is 0 Å². The summed E-state index contributed by atoms with van der Waals surface area (Å²) in [4.78, 5) is 11.6. The SMILES string of the molecule is C[C@H](c1ccncc1)N1CCC[C@H]1c1cc2nc(-c3cccs3)cc(C(F)(F)F)n2n1. The number of likely N-dealkylation sites (tertiary alicyclic amines) is 1. The van der Waals surface area contributed by atoms with E-state index in [2.05, 4.69) is 26.9 Å². The number of nitrogens with zero attached hydrogens (tertiary/aromatic N) is 5. The molecule has 2 atom stereocenters. The molecule has 0 saturated carbocycles. The third-order valence-corrected chi connectivity index (χ3v) is 6.72. The van der Waals surface area contributed by atoms with E-state index in [1.165, 1.54) is 11.3 Å². The van der Waals surface area contributed by atoms with Crippen molar-refractivity contribution in [2.75, 3.05) is 6.54 Å². The molecule has 4 aromatic heterocycles. The van der Waals surface area contributed by atoms with Crippen LogP contribution >= 0.6 is 11.3 Å². The second-order valence-electron chi connectivity index (χ2n) is 7.69. The van der Waals surface area contributed by atoms with Crippen molar-refractivity contribution < 1.29 is 13.2 Å². The van der Waals surface area contributed by atoms with Gasteiger partial charge >= 0.3 is 6.18 Å². The van der Waals surface area contributed by atoms with Gasteiger partial charge in [-0.1, -0.05) is 6.07 Å². The largest absolute Gasteiger partial charge is 0.433 e. The lowest BCUT2D eigenvalue weighted by Crippen LogP contribution is -2.27. The first-order chi connectivity index (χ1) is 14.9. The van der Waals surface area contributed by atoms with Crippen LogP contribution in [0.1, 0.15) is 48.8 Å². The third-order valence-electron chi connectivity index (χ3n) is 5.83. The van der Waals surface area contributed by atoms with Gasteiger partial charge in [0.05, 0.1) is 22.3 Å². The summed E-state index contributed by atoms with van der Waals surface area (Å²) < 4.78 is 42.5. The minimum atomic E-state index is -4.53. The van der Waals surface area contributed by atoms with E-state index in [9.17, 15) is 13.2 Å². The van der Waals surface area contributed by atoms with E-state index < -0.39 is 11.9 Å². The van der Waals surface area contributed by atoms with Crippen LogP contribution in [0, 0.1) is 0 Å². The first-order valence-corrected chi connectivity index (χ1v) is 11.0. The standard InChI is InChI=1S/C22H20F3N5S/c1-14(15-6-8-26-9-7-15)29-10-2-4-18(29)16-13-21-27-17(19-5-3-11-31-19)12-20(22(23,24)25)30(21)28-16/h3,5-9,11-14,18H,2,4,10H2,1H3/t14-,18+/m1/s1. The van der Waals surface area contributed by atoms with Gasteiger partial charge < -0.3 is 0 Å². The molecule has 0 radical (unpaired) electrons. The highest BCUT2D eigenvalue weighted by atomic mass is 32.1. The number of pyridine rings is 1. The van der Waals surface area contributed by atoms with Gasteiger partial charge in [0.15, 0.2) is 11.3 Å². The van der Waals surface area contributed by atoms with Gasteiger partial charge in [0.1, 0.15) is 0 Å². The number of hydrogen-bond donors (Lipinski definition) is 0. The van der Waals surface area contributed by atoms with Crippen LogP contribution in [-0.2, 0) is 6.18 Å². The summed E-state index contributed by atoms with van der Waals surface area (Å²) in [6, 6.07) is 10.4. The van der Waals surface area contributed by atoms with Gasteiger partial charge in [-0.3, -0.25) is 9.88 Å². The summed E-state index contributed by atoms with van der Waals surface area (Å²) in [5, 5.41) is 6.22. The summed E-state index contributed by atoms with van der Waals surface area (Å²) in [6.45, 7) is 2.97. The average molecular weight is 443 g/mol. The van der Waals surface area contributed by atoms with Crippen molar-refractivity contribution in [3.63, 3.8) is 0 Å². The number of rotatable bonds is 4. The Balaban J connectivity index is 1.57. The maximum absolute atomic E-state index is 13.9. The Morgan fingerprint density at radius 1 is 1.16 bits per heavy atom. The Morgan fingerprint density at radius 3 is 2.68 bits per heavy atom. The molecule has 160 valence electrons. The lowest BCUT2D eigenvalue weighted by atomic mass is 10.1. The van der Waals surface area contributed by atoms with Crippen LogP contribution in [0.25, 0.3) is 16.2 Å². The van der Waals surface area contributed by atoms with Crippen LogP contribution in [0.3, 0.4) is 0 Å². The smallest absolute Gasteiger partial charge is 0.288 e. The Hall–Kier alpha value is -2.78. The highest BCUT2D eigenvalue weighted by molar-refractivity contribution is 7.13. The number of halogens is 3. The van der Waals surface area contributed by atoms with Gasteiger partial charge in [0.2, 0.25) is 0 Å². The quantitative estimate of drug-likeness (QED) is 0.402. The number of thiophene rings is 1. The van der Waals surface area contributed by atoms with E-state index in [4.69, 9.17) is 0 Å². The molecular weight excluding hydrogens is 423 g/mol. The van der Waals surface area contributed by atoms with Crippen molar-refractivity contribution in [1.82, 2.24) is 24.5 Å². The van der Waals surface area contributed by atoms with Crippen molar-refractivity contribution >= 4 is 17.0 Å². The van der Waals surface area contributed by atoms with E-state index in [0.717, 1.165) is 35.5 Å². The molecule has 0 spiro atoms. The molecule has 0 N–H and O–H groups in total. The predicted molar refractivity (Wildman–Crippen MR) is 113 cm³/mol. The van der Waals surface area contributed by atoms with Gasteiger partial charge in [-0.15, -0.1) is 11.3 Å². The fraction of sp³-hybridized carbons (Fsp3) is 0.318. The lowest BCUT2D eigenvalue weighted by molar-refractivity contribution is -0.142. The Kier molecular flexibility index (Phi) is 5.02. The molecule has 0 bridgehead atoms. The van der Waals surface area contributed by atoms with Gasteiger partial charge in [0, 0.05) is 24.5 Å². The highest BCUT2D eigenvalue weighted by Crippen LogP contribution is 2.39. The molecule has 0 unspecified atom stereocenters. The molecule has 5 nitrogen and oxygen atoms in total. The molecule has 1 saturated heterocycles. The molecule has 5 heterocycles. The summed E-state index contributed by atoms with van der Waals surface area (Å²) in [6.07, 6.45) is 0.795. The molecule has 0 amide bonds. The second-order valence-corrected chi connectivity index (χ2v) is 8.64. The number of hydrogen-bond acceptors (Lipinski definition) is 5. The maximum atomic E-state index is 13.9. The molecule has 0 aliphatic carbocycles. The molecule has 5 rings (SSSR count). The molecule has 4 aromatic rings. The normalized spacial score (nSPS) is 18.6. The molecular formula is C22H20F3N5S. The minimum absolute atomic E-state index is 0.0591. The fourth-order valence-corrected chi connectivity index (χ4v) is 5.00.